The van der Waals surface area contributed by atoms with Gasteiger partial charge in [0.05, 0.1) is 5.54 Å². The Hall–Kier alpha value is -0.780. The molecule has 0 bridgehead atoms. The number of unbranched alkanes of at least 4 members (excludes halogenated alkanes) is 1. The van der Waals surface area contributed by atoms with E-state index in [-0.39, 0.29) is 18.9 Å². The van der Waals surface area contributed by atoms with Crippen molar-refractivity contribution in [3.05, 3.63) is 0 Å². The van der Waals surface area contributed by atoms with E-state index in [4.69, 9.17) is 5.73 Å². The van der Waals surface area contributed by atoms with Gasteiger partial charge in [-0.1, -0.05) is 0 Å². The van der Waals surface area contributed by atoms with Crippen molar-refractivity contribution < 1.29 is 18.0 Å². The van der Waals surface area contributed by atoms with Gasteiger partial charge in [-0.3, -0.25) is 4.79 Å². The number of hydrogen-bond acceptors (Lipinski definition) is 2. The predicted octanol–water partition coefficient (Wildman–Crippen LogP) is 1.72. The van der Waals surface area contributed by atoms with E-state index in [1.54, 1.807) is 0 Å². The third kappa shape index (κ3) is 4.00. The average molecular weight is 238 g/mol. The van der Waals surface area contributed by atoms with E-state index in [1.165, 1.54) is 0 Å². The van der Waals surface area contributed by atoms with Crippen molar-refractivity contribution in [2.24, 2.45) is 5.73 Å². The van der Waals surface area contributed by atoms with Gasteiger partial charge >= 0.3 is 6.18 Å². The lowest BCUT2D eigenvalue weighted by atomic mass is 9.77. The highest BCUT2D eigenvalue weighted by Crippen LogP contribution is 2.29. The molecule has 1 rings (SSSR count). The maximum atomic E-state index is 11.8. The van der Waals surface area contributed by atoms with Gasteiger partial charge in [0.1, 0.15) is 0 Å². The number of nitrogens with two attached hydrogens (primary N) is 1. The zero-order valence-corrected chi connectivity index (χ0v) is 9.07. The Labute approximate surface area is 92.6 Å². The molecule has 0 aromatic heterocycles. The highest BCUT2D eigenvalue weighted by Gasteiger charge is 2.39. The summed E-state index contributed by atoms with van der Waals surface area (Å²) in [5.41, 5.74) is 4.98. The summed E-state index contributed by atoms with van der Waals surface area (Å²) < 4.78 is 35.4. The van der Waals surface area contributed by atoms with E-state index in [2.05, 4.69) is 5.32 Å². The first-order valence-corrected chi connectivity index (χ1v) is 5.47. The molecule has 0 heterocycles. The summed E-state index contributed by atoms with van der Waals surface area (Å²) in [5, 5.41) is 2.58. The molecule has 0 saturated heterocycles. The highest BCUT2D eigenvalue weighted by molar-refractivity contribution is 5.86. The van der Waals surface area contributed by atoms with Crippen LogP contribution >= 0.6 is 0 Å². The Morgan fingerprint density at radius 2 is 1.94 bits per heavy atom. The molecule has 0 aromatic rings. The molecule has 1 saturated carbocycles. The van der Waals surface area contributed by atoms with Crippen LogP contribution in [0.2, 0.25) is 0 Å². The Bertz CT molecular complexity index is 249. The van der Waals surface area contributed by atoms with E-state index >= 15 is 0 Å². The van der Waals surface area contributed by atoms with Crippen molar-refractivity contribution in [2.75, 3.05) is 6.54 Å². The number of hydrogen-bond donors (Lipinski definition) is 2. The summed E-state index contributed by atoms with van der Waals surface area (Å²) in [7, 11) is 0. The highest BCUT2D eigenvalue weighted by atomic mass is 19.4. The first kappa shape index (κ1) is 13.3. The van der Waals surface area contributed by atoms with Gasteiger partial charge in [-0.2, -0.15) is 13.2 Å². The first-order chi connectivity index (χ1) is 7.33. The molecule has 0 radical (unpaired) electrons. The number of nitrogens with one attached hydrogen (secondary N) is 1. The summed E-state index contributed by atoms with van der Waals surface area (Å²) >= 11 is 0. The molecule has 3 N–H and O–H groups in total. The molecular formula is C10H17F3N2O. The lowest BCUT2D eigenvalue weighted by Crippen LogP contribution is -2.58. The monoisotopic (exact) mass is 238 g/mol. The Balaban J connectivity index is 2.05. The van der Waals surface area contributed by atoms with Gasteiger partial charge in [-0.25, -0.2) is 0 Å². The molecule has 1 aliphatic rings. The van der Waals surface area contributed by atoms with Crippen molar-refractivity contribution in [3.8, 4) is 0 Å². The molecule has 16 heavy (non-hydrogen) atoms. The minimum absolute atomic E-state index is 0.0430. The Morgan fingerprint density at radius 3 is 2.38 bits per heavy atom. The minimum Gasteiger partial charge on any atom is -0.355 e. The molecule has 1 aliphatic carbocycles. The van der Waals surface area contributed by atoms with Crippen LogP contribution < -0.4 is 11.1 Å². The van der Waals surface area contributed by atoms with Gasteiger partial charge in [0, 0.05) is 13.0 Å². The topological polar surface area (TPSA) is 55.1 Å². The third-order valence-corrected chi connectivity index (χ3v) is 2.87. The van der Waals surface area contributed by atoms with Crippen LogP contribution in [0.3, 0.4) is 0 Å². The number of amides is 1. The maximum absolute atomic E-state index is 11.8. The number of carbonyl (C=O) groups is 1. The smallest absolute Gasteiger partial charge is 0.355 e. The quantitative estimate of drug-likeness (QED) is 0.716. The van der Waals surface area contributed by atoms with Gasteiger partial charge in [0.2, 0.25) is 5.91 Å². The molecule has 6 heteroatoms. The molecule has 0 aliphatic heterocycles. The van der Waals surface area contributed by atoms with Gasteiger partial charge in [0.15, 0.2) is 0 Å². The standard InChI is InChI=1S/C10H17F3N2O/c11-10(12,13)6-1-2-7-15-8(16)9(14)4-3-5-9/h1-7,14H2,(H,15,16). The van der Waals surface area contributed by atoms with Crippen LogP contribution in [0.15, 0.2) is 0 Å². The molecule has 0 unspecified atom stereocenters. The van der Waals surface area contributed by atoms with Crippen LogP contribution in [-0.2, 0) is 4.79 Å². The summed E-state index contributed by atoms with van der Waals surface area (Å²) in [6, 6.07) is 0. The molecule has 1 amide bonds. The number of alkyl halides is 3. The van der Waals surface area contributed by atoms with Crippen molar-refractivity contribution in [1.29, 1.82) is 0 Å². The van der Waals surface area contributed by atoms with Gasteiger partial charge in [-0.15, -0.1) is 0 Å². The van der Waals surface area contributed by atoms with E-state index in [9.17, 15) is 18.0 Å². The predicted molar refractivity (Wildman–Crippen MR) is 53.7 cm³/mol. The lowest BCUT2D eigenvalue weighted by molar-refractivity contribution is -0.135. The van der Waals surface area contributed by atoms with Crippen LogP contribution in [-0.4, -0.2) is 24.2 Å². The summed E-state index contributed by atoms with van der Waals surface area (Å²) in [5.74, 6) is -0.231. The van der Waals surface area contributed by atoms with Crippen LogP contribution in [0.4, 0.5) is 13.2 Å². The molecule has 0 aromatic carbocycles. The molecule has 0 spiro atoms. The molecular weight excluding hydrogens is 221 g/mol. The summed E-state index contributed by atoms with van der Waals surface area (Å²) in [4.78, 5) is 11.4. The second-order valence-corrected chi connectivity index (χ2v) is 4.34. The molecule has 1 fully saturated rings. The van der Waals surface area contributed by atoms with E-state index in [0.717, 1.165) is 6.42 Å². The van der Waals surface area contributed by atoms with Gasteiger partial charge in [-0.05, 0) is 32.1 Å². The van der Waals surface area contributed by atoms with Gasteiger partial charge in [0.25, 0.3) is 0 Å². The van der Waals surface area contributed by atoms with Crippen molar-refractivity contribution in [1.82, 2.24) is 5.32 Å². The second kappa shape index (κ2) is 5.03. The lowest BCUT2D eigenvalue weighted by Gasteiger charge is -2.36. The largest absolute Gasteiger partial charge is 0.389 e. The Kier molecular flexibility index (Phi) is 4.18. The normalized spacial score (nSPS) is 19.0. The van der Waals surface area contributed by atoms with Crippen LogP contribution in [0.5, 0.6) is 0 Å². The number of carbonyl (C=O) groups excluding carboxylic acids is 1. The molecule has 0 atom stereocenters. The van der Waals surface area contributed by atoms with Crippen LogP contribution in [0, 0.1) is 0 Å². The number of rotatable bonds is 5. The SMILES string of the molecule is NC1(C(=O)NCCCCC(F)(F)F)CCC1. The first-order valence-electron chi connectivity index (χ1n) is 5.47. The second-order valence-electron chi connectivity index (χ2n) is 4.34. The van der Waals surface area contributed by atoms with Crippen molar-refractivity contribution in [3.63, 3.8) is 0 Å². The maximum Gasteiger partial charge on any atom is 0.389 e. The summed E-state index contributed by atoms with van der Waals surface area (Å²) in [6.07, 6.45) is -2.24. The fraction of sp³-hybridized carbons (Fsp3) is 0.900. The third-order valence-electron chi connectivity index (χ3n) is 2.87. The van der Waals surface area contributed by atoms with Crippen molar-refractivity contribution in [2.45, 2.75) is 50.2 Å². The van der Waals surface area contributed by atoms with E-state index in [0.29, 0.717) is 19.3 Å². The van der Waals surface area contributed by atoms with E-state index in [1.807, 2.05) is 0 Å². The van der Waals surface area contributed by atoms with Gasteiger partial charge < -0.3 is 11.1 Å². The fourth-order valence-corrected chi connectivity index (χ4v) is 1.61. The number of halogens is 3. The van der Waals surface area contributed by atoms with Crippen molar-refractivity contribution >= 4 is 5.91 Å². The molecule has 94 valence electrons. The minimum atomic E-state index is -4.10. The fourth-order valence-electron chi connectivity index (χ4n) is 1.61. The zero-order valence-electron chi connectivity index (χ0n) is 9.07. The van der Waals surface area contributed by atoms with E-state index < -0.39 is 18.1 Å². The zero-order chi connectivity index (χ0) is 12.2. The van der Waals surface area contributed by atoms with Crippen LogP contribution in [0.1, 0.15) is 38.5 Å². The van der Waals surface area contributed by atoms with Crippen LogP contribution in [0.25, 0.3) is 0 Å². The average Bonchev–Trinajstić information content (AvgIpc) is 2.11. The molecule has 3 nitrogen and oxygen atoms in total. The Morgan fingerprint density at radius 1 is 1.31 bits per heavy atom. The summed E-state index contributed by atoms with van der Waals surface area (Å²) in [6.45, 7) is 0.272.